The second kappa shape index (κ2) is 8.14. The number of aromatic nitrogens is 1. The molecule has 6 nitrogen and oxygen atoms in total. The van der Waals surface area contributed by atoms with Crippen LogP contribution in [0.1, 0.15) is 16.8 Å². The lowest BCUT2D eigenvalue weighted by Crippen LogP contribution is -2.35. The Labute approximate surface area is 200 Å². The molecule has 34 heavy (non-hydrogen) atoms. The zero-order valence-electron chi connectivity index (χ0n) is 17.5. The molecule has 0 atom stereocenters. The first-order chi connectivity index (χ1) is 16.1. The minimum atomic E-state index is -4.69. The largest absolute Gasteiger partial charge is 0.441 e. The van der Waals surface area contributed by atoms with E-state index < -0.39 is 23.0 Å². The van der Waals surface area contributed by atoms with E-state index in [9.17, 15) is 18.0 Å². The fourth-order valence-corrected chi connectivity index (χ4v) is 4.85. The summed E-state index contributed by atoms with van der Waals surface area (Å²) in [7, 11) is 0. The molecule has 11 heteroatoms. The number of carbonyl (C=O) groups is 1. The predicted octanol–water partition coefficient (Wildman–Crippen LogP) is 5.83. The number of hydrazone groups is 1. The van der Waals surface area contributed by atoms with Gasteiger partial charge in [0.2, 0.25) is 10.2 Å². The van der Waals surface area contributed by atoms with E-state index in [1.165, 1.54) is 6.08 Å². The van der Waals surface area contributed by atoms with Gasteiger partial charge in [0, 0.05) is 33.7 Å². The highest BCUT2D eigenvalue weighted by Gasteiger charge is 2.46. The molecule has 0 bridgehead atoms. The molecule has 0 saturated heterocycles. The average molecular weight is 502 g/mol. The van der Waals surface area contributed by atoms with Crippen molar-refractivity contribution in [3.05, 3.63) is 75.9 Å². The number of amidine groups is 2. The molecule has 3 heterocycles. The van der Waals surface area contributed by atoms with Crippen molar-refractivity contribution in [3.63, 3.8) is 0 Å². The molecular weight excluding hydrogens is 487 g/mol. The van der Waals surface area contributed by atoms with Crippen molar-refractivity contribution in [1.29, 1.82) is 5.41 Å². The number of nitrogens with zero attached hydrogens (tertiary/aromatic N) is 4. The maximum atomic E-state index is 13.1. The van der Waals surface area contributed by atoms with Crippen molar-refractivity contribution in [2.24, 2.45) is 10.1 Å². The van der Waals surface area contributed by atoms with E-state index in [-0.39, 0.29) is 22.5 Å². The molecule has 2 aliphatic rings. The van der Waals surface area contributed by atoms with Gasteiger partial charge in [-0.3, -0.25) is 10.2 Å². The third-order valence-electron chi connectivity index (χ3n) is 5.55. The van der Waals surface area contributed by atoms with Crippen LogP contribution in [-0.4, -0.2) is 37.7 Å². The number of rotatable bonds is 3. The van der Waals surface area contributed by atoms with Crippen LogP contribution in [-0.2, 0) is 11.3 Å². The summed E-state index contributed by atoms with van der Waals surface area (Å²) in [6.07, 6.45) is -3.20. The summed E-state index contributed by atoms with van der Waals surface area (Å²) in [5, 5.41) is 12.6. The number of alkyl halides is 3. The average Bonchev–Trinajstić information content (AvgIpc) is 3.33. The van der Waals surface area contributed by atoms with Gasteiger partial charge in [-0.15, -0.1) is 0 Å². The molecule has 1 aromatic heterocycles. The van der Waals surface area contributed by atoms with Crippen molar-refractivity contribution in [2.75, 3.05) is 0 Å². The summed E-state index contributed by atoms with van der Waals surface area (Å²) >= 11 is 6.59. The number of carbonyl (C=O) groups excluding carboxylic acids is 1. The van der Waals surface area contributed by atoms with Crippen molar-refractivity contribution >= 4 is 62.3 Å². The molecule has 0 aliphatic carbocycles. The number of amides is 1. The third-order valence-corrected chi connectivity index (χ3v) is 6.87. The topological polar surface area (TPSA) is 73.8 Å². The van der Waals surface area contributed by atoms with Crippen LogP contribution in [0.2, 0.25) is 5.02 Å². The Balaban J connectivity index is 1.61. The summed E-state index contributed by atoms with van der Waals surface area (Å²) in [5.74, 6) is -1.24. The quantitative estimate of drug-likeness (QED) is 0.459. The molecule has 3 aromatic rings. The Morgan fingerprint density at radius 3 is 2.59 bits per heavy atom. The Morgan fingerprint density at radius 2 is 1.85 bits per heavy atom. The van der Waals surface area contributed by atoms with Crippen LogP contribution in [0, 0.1) is 12.3 Å². The number of hydrogen-bond acceptors (Lipinski definition) is 4. The van der Waals surface area contributed by atoms with Crippen LogP contribution in [0.15, 0.2) is 64.2 Å². The van der Waals surface area contributed by atoms with Crippen molar-refractivity contribution in [1.82, 2.24) is 9.58 Å². The van der Waals surface area contributed by atoms with Gasteiger partial charge in [-0.2, -0.15) is 28.3 Å². The van der Waals surface area contributed by atoms with Gasteiger partial charge < -0.3 is 4.57 Å². The fraction of sp³-hybridized carbons (Fsp3) is 0.130. The lowest BCUT2D eigenvalue weighted by Gasteiger charge is -2.20. The molecule has 172 valence electrons. The standard InChI is InChI=1S/C23H15ClF3N5OS/c1-12-15(10-16-19(28)32-22(29-20(16)33)34-21(30-32)23(25,26)27)14-7-3-5-9-18(14)31(12)11-13-6-2-4-8-17(13)24/h2-10,28H,11H2,1H3. The van der Waals surface area contributed by atoms with E-state index in [1.807, 2.05) is 60.0 Å². The number of aliphatic imine (C=N–C) groups is 1. The molecule has 2 aromatic carbocycles. The Bertz CT molecular complexity index is 1470. The lowest BCUT2D eigenvalue weighted by atomic mass is 10.1. The number of halogens is 4. The summed E-state index contributed by atoms with van der Waals surface area (Å²) in [4.78, 5) is 16.5. The summed E-state index contributed by atoms with van der Waals surface area (Å²) in [6.45, 7) is 2.35. The number of nitrogens with one attached hydrogen (secondary N) is 1. The van der Waals surface area contributed by atoms with Crippen LogP contribution < -0.4 is 0 Å². The van der Waals surface area contributed by atoms with E-state index in [4.69, 9.17) is 17.0 Å². The second-order valence-corrected chi connectivity index (χ2v) is 8.98. The fourth-order valence-electron chi connectivity index (χ4n) is 3.89. The maximum Gasteiger partial charge on any atom is 0.441 e. The molecule has 2 aliphatic heterocycles. The third kappa shape index (κ3) is 3.72. The van der Waals surface area contributed by atoms with E-state index >= 15 is 0 Å². The monoisotopic (exact) mass is 501 g/mol. The van der Waals surface area contributed by atoms with Crippen molar-refractivity contribution in [2.45, 2.75) is 19.6 Å². The Kier molecular flexibility index (Phi) is 5.37. The zero-order chi connectivity index (χ0) is 24.2. The molecule has 0 radical (unpaired) electrons. The van der Waals surface area contributed by atoms with Gasteiger partial charge in [0.25, 0.3) is 5.91 Å². The molecule has 5 rings (SSSR count). The first kappa shape index (κ1) is 22.4. The minimum Gasteiger partial charge on any atom is -0.340 e. The molecular formula is C23H15ClF3N5OS. The van der Waals surface area contributed by atoms with Crippen molar-refractivity contribution < 1.29 is 18.0 Å². The highest BCUT2D eigenvalue weighted by molar-refractivity contribution is 8.27. The zero-order valence-corrected chi connectivity index (χ0v) is 19.1. The highest BCUT2D eigenvalue weighted by atomic mass is 35.5. The normalized spacial score (nSPS) is 17.4. The van der Waals surface area contributed by atoms with E-state index in [1.54, 1.807) is 0 Å². The van der Waals surface area contributed by atoms with Crippen molar-refractivity contribution in [3.8, 4) is 0 Å². The molecule has 1 amide bonds. The van der Waals surface area contributed by atoms with Crippen LogP contribution in [0.3, 0.4) is 0 Å². The van der Waals surface area contributed by atoms with Gasteiger partial charge in [-0.05, 0) is 42.5 Å². The number of benzene rings is 2. The lowest BCUT2D eigenvalue weighted by molar-refractivity contribution is -0.114. The van der Waals surface area contributed by atoms with Gasteiger partial charge in [0.1, 0.15) is 0 Å². The second-order valence-electron chi connectivity index (χ2n) is 7.62. The van der Waals surface area contributed by atoms with Gasteiger partial charge in [0.15, 0.2) is 5.84 Å². The van der Waals surface area contributed by atoms with Crippen LogP contribution >= 0.6 is 23.4 Å². The number of thioether (sulfide) groups is 1. The Hall–Kier alpha value is -3.37. The molecule has 1 N–H and O–H groups in total. The van der Waals surface area contributed by atoms with Crippen LogP contribution in [0.4, 0.5) is 13.2 Å². The summed E-state index contributed by atoms with van der Waals surface area (Å²) in [6, 6.07) is 15.0. The Morgan fingerprint density at radius 1 is 1.15 bits per heavy atom. The minimum absolute atomic E-state index is 0.139. The number of para-hydroxylation sites is 1. The van der Waals surface area contributed by atoms with E-state index in [0.717, 1.165) is 27.2 Å². The first-order valence-corrected chi connectivity index (χ1v) is 11.2. The van der Waals surface area contributed by atoms with E-state index in [2.05, 4.69) is 10.1 Å². The highest BCUT2D eigenvalue weighted by Crippen LogP contribution is 2.36. The summed E-state index contributed by atoms with van der Waals surface area (Å²) < 4.78 is 41.3. The molecule has 0 saturated carbocycles. The number of hydrogen-bond donors (Lipinski definition) is 1. The van der Waals surface area contributed by atoms with Crippen LogP contribution in [0.25, 0.3) is 17.0 Å². The van der Waals surface area contributed by atoms with Gasteiger partial charge in [0.05, 0.1) is 5.57 Å². The molecule has 0 fully saturated rings. The number of fused-ring (bicyclic) bond motifs is 2. The smallest absolute Gasteiger partial charge is 0.340 e. The predicted molar refractivity (Wildman–Crippen MR) is 128 cm³/mol. The summed E-state index contributed by atoms with van der Waals surface area (Å²) in [5.41, 5.74) is 3.13. The van der Waals surface area contributed by atoms with Gasteiger partial charge in [-0.25, -0.2) is 0 Å². The SMILES string of the molecule is Cc1c(C=C2C(=N)N3N=C(C(F)(F)F)SC3=NC2=O)c2ccccc2n1Cc1ccccc1Cl. The maximum absolute atomic E-state index is 13.1. The first-order valence-electron chi connectivity index (χ1n) is 10.0. The molecule has 0 spiro atoms. The van der Waals surface area contributed by atoms with Crippen LogP contribution in [0.5, 0.6) is 0 Å². The van der Waals surface area contributed by atoms with Gasteiger partial charge >= 0.3 is 6.18 Å². The van der Waals surface area contributed by atoms with E-state index in [0.29, 0.717) is 17.1 Å². The molecule has 0 unspecified atom stereocenters. The van der Waals surface area contributed by atoms with Gasteiger partial charge in [-0.1, -0.05) is 48.0 Å².